The molecule has 1 aromatic heterocycles. The lowest BCUT2D eigenvalue weighted by Crippen LogP contribution is -2.28. The summed E-state index contributed by atoms with van der Waals surface area (Å²) in [5.41, 5.74) is 0. The van der Waals surface area contributed by atoms with Crippen molar-refractivity contribution in [1.82, 2.24) is 25.8 Å². The van der Waals surface area contributed by atoms with Crippen molar-refractivity contribution in [1.29, 1.82) is 0 Å². The van der Waals surface area contributed by atoms with Crippen molar-refractivity contribution in [2.45, 2.75) is 39.2 Å². The van der Waals surface area contributed by atoms with E-state index in [-0.39, 0.29) is 5.91 Å². The molecule has 0 atom stereocenters. The fraction of sp³-hybridized carbons (Fsp3) is 0.727. The zero-order valence-electron chi connectivity index (χ0n) is 10.5. The quantitative estimate of drug-likeness (QED) is 0.568. The Morgan fingerprint density at radius 2 is 2.29 bits per heavy atom. The Bertz CT molecular complexity index is 310. The van der Waals surface area contributed by atoms with Crippen LogP contribution in [0.3, 0.4) is 0 Å². The molecule has 17 heavy (non-hydrogen) atoms. The summed E-state index contributed by atoms with van der Waals surface area (Å²) in [6.07, 6.45) is 3.59. The minimum absolute atomic E-state index is 0.0927. The third-order valence-electron chi connectivity index (χ3n) is 2.28. The highest BCUT2D eigenvalue weighted by atomic mass is 16.1. The van der Waals surface area contributed by atoms with Crippen LogP contribution in [-0.2, 0) is 11.2 Å². The molecule has 1 rings (SSSR count). The number of nitrogens with zero attached hydrogens (tertiary/aromatic N) is 2. The number of hydrogen-bond acceptors (Lipinski definition) is 4. The Kier molecular flexibility index (Phi) is 6.24. The van der Waals surface area contributed by atoms with Gasteiger partial charge in [0, 0.05) is 25.4 Å². The maximum atomic E-state index is 11.4. The molecule has 0 bridgehead atoms. The summed E-state index contributed by atoms with van der Waals surface area (Å²) >= 11 is 0. The molecule has 0 radical (unpaired) electrons. The summed E-state index contributed by atoms with van der Waals surface area (Å²) < 4.78 is 0. The number of hydrogen-bond donors (Lipinski definition) is 3. The first kappa shape index (κ1) is 13.6. The molecule has 1 aromatic rings. The van der Waals surface area contributed by atoms with Gasteiger partial charge in [0.15, 0.2) is 0 Å². The Hall–Kier alpha value is -1.43. The molecule has 0 unspecified atom stereocenters. The molecule has 6 heteroatoms. The second kappa shape index (κ2) is 7.78. The number of nitrogens with one attached hydrogen (secondary N) is 3. The lowest BCUT2D eigenvalue weighted by Gasteiger charge is -2.07. The second-order valence-corrected chi connectivity index (χ2v) is 4.24. The van der Waals surface area contributed by atoms with Crippen LogP contribution < -0.4 is 10.6 Å². The number of aromatic amines is 1. The Morgan fingerprint density at radius 1 is 1.47 bits per heavy atom. The summed E-state index contributed by atoms with van der Waals surface area (Å²) in [5.74, 6) is 0.891. The fourth-order valence-corrected chi connectivity index (χ4v) is 1.40. The zero-order valence-corrected chi connectivity index (χ0v) is 10.5. The number of H-pyrrole nitrogens is 1. The van der Waals surface area contributed by atoms with E-state index in [2.05, 4.69) is 39.7 Å². The maximum Gasteiger partial charge on any atom is 0.220 e. The van der Waals surface area contributed by atoms with Gasteiger partial charge in [-0.25, -0.2) is 4.98 Å². The molecule has 1 heterocycles. The molecular formula is C11H21N5O. The lowest BCUT2D eigenvalue weighted by molar-refractivity contribution is -0.121. The van der Waals surface area contributed by atoms with Gasteiger partial charge in [-0.2, -0.15) is 5.10 Å². The third-order valence-corrected chi connectivity index (χ3v) is 2.28. The van der Waals surface area contributed by atoms with Crippen molar-refractivity contribution in [3.63, 3.8) is 0 Å². The number of rotatable bonds is 8. The van der Waals surface area contributed by atoms with Crippen molar-refractivity contribution in [3.8, 4) is 0 Å². The maximum absolute atomic E-state index is 11.4. The predicted molar refractivity (Wildman–Crippen MR) is 65.5 cm³/mol. The van der Waals surface area contributed by atoms with Crippen LogP contribution in [0.5, 0.6) is 0 Å². The van der Waals surface area contributed by atoms with Gasteiger partial charge in [0.25, 0.3) is 0 Å². The molecule has 0 aliphatic rings. The molecule has 3 N–H and O–H groups in total. The van der Waals surface area contributed by atoms with Gasteiger partial charge < -0.3 is 10.6 Å². The second-order valence-electron chi connectivity index (χ2n) is 4.24. The van der Waals surface area contributed by atoms with Gasteiger partial charge in [-0.05, 0) is 13.0 Å². The summed E-state index contributed by atoms with van der Waals surface area (Å²) in [6.45, 7) is 5.67. The predicted octanol–water partition coefficient (Wildman–Crippen LogP) is 0.242. The Balaban J connectivity index is 1.98. The van der Waals surface area contributed by atoms with Gasteiger partial charge in [-0.15, -0.1) is 0 Å². The van der Waals surface area contributed by atoms with E-state index in [1.165, 1.54) is 6.33 Å². The zero-order chi connectivity index (χ0) is 12.5. The van der Waals surface area contributed by atoms with E-state index in [1.54, 1.807) is 0 Å². The minimum Gasteiger partial charge on any atom is -0.356 e. The first-order valence-corrected chi connectivity index (χ1v) is 6.03. The van der Waals surface area contributed by atoms with Gasteiger partial charge in [-0.1, -0.05) is 13.8 Å². The summed E-state index contributed by atoms with van der Waals surface area (Å²) in [4.78, 5) is 15.4. The molecule has 0 fully saturated rings. The molecule has 0 saturated carbocycles. The summed E-state index contributed by atoms with van der Waals surface area (Å²) in [6, 6.07) is 0.476. The van der Waals surface area contributed by atoms with E-state index >= 15 is 0 Å². The Morgan fingerprint density at radius 3 is 2.94 bits per heavy atom. The van der Waals surface area contributed by atoms with Gasteiger partial charge in [-0.3, -0.25) is 9.89 Å². The minimum atomic E-state index is 0.0927. The van der Waals surface area contributed by atoms with Crippen LogP contribution in [0.1, 0.15) is 32.5 Å². The summed E-state index contributed by atoms with van der Waals surface area (Å²) in [5, 5.41) is 12.6. The van der Waals surface area contributed by atoms with Crippen molar-refractivity contribution in [3.05, 3.63) is 12.2 Å². The van der Waals surface area contributed by atoms with Gasteiger partial charge >= 0.3 is 0 Å². The van der Waals surface area contributed by atoms with Crippen LogP contribution in [0.4, 0.5) is 0 Å². The SMILES string of the molecule is CC(C)NCCCC(=O)NCCc1ncn[nH]1. The first-order valence-electron chi connectivity index (χ1n) is 6.03. The highest BCUT2D eigenvalue weighted by Crippen LogP contribution is 1.90. The first-order chi connectivity index (χ1) is 8.18. The highest BCUT2D eigenvalue weighted by molar-refractivity contribution is 5.75. The third kappa shape index (κ3) is 6.68. The topological polar surface area (TPSA) is 82.7 Å². The van der Waals surface area contributed by atoms with Gasteiger partial charge in [0.2, 0.25) is 5.91 Å². The average molecular weight is 239 g/mol. The van der Waals surface area contributed by atoms with Crippen LogP contribution in [0.2, 0.25) is 0 Å². The van der Waals surface area contributed by atoms with E-state index in [4.69, 9.17) is 0 Å². The molecule has 0 saturated heterocycles. The van der Waals surface area contributed by atoms with Crippen molar-refractivity contribution < 1.29 is 4.79 Å². The molecular weight excluding hydrogens is 218 g/mol. The Labute approximate surface area is 102 Å². The van der Waals surface area contributed by atoms with E-state index in [9.17, 15) is 4.79 Å². The van der Waals surface area contributed by atoms with Crippen LogP contribution in [0.25, 0.3) is 0 Å². The standard InChI is InChI=1S/C11H21N5O/c1-9(2)12-6-3-4-11(17)13-7-5-10-14-8-15-16-10/h8-9,12H,3-7H2,1-2H3,(H,13,17)(H,14,15,16). The van der Waals surface area contributed by atoms with Crippen molar-refractivity contribution in [2.24, 2.45) is 0 Å². The van der Waals surface area contributed by atoms with Gasteiger partial charge in [0.05, 0.1) is 0 Å². The van der Waals surface area contributed by atoms with E-state index in [1.807, 2.05) is 0 Å². The van der Waals surface area contributed by atoms with Crippen molar-refractivity contribution >= 4 is 5.91 Å². The normalized spacial score (nSPS) is 10.8. The molecule has 0 aliphatic carbocycles. The molecule has 6 nitrogen and oxygen atoms in total. The monoisotopic (exact) mass is 239 g/mol. The van der Waals surface area contributed by atoms with Crippen LogP contribution >= 0.6 is 0 Å². The smallest absolute Gasteiger partial charge is 0.220 e. The van der Waals surface area contributed by atoms with Gasteiger partial charge in [0.1, 0.15) is 12.2 Å². The molecule has 0 aromatic carbocycles. The molecule has 1 amide bonds. The van der Waals surface area contributed by atoms with Crippen LogP contribution in [0.15, 0.2) is 6.33 Å². The van der Waals surface area contributed by atoms with Crippen molar-refractivity contribution in [2.75, 3.05) is 13.1 Å². The average Bonchev–Trinajstić information content (AvgIpc) is 2.77. The number of carbonyl (C=O) groups excluding carboxylic acids is 1. The fourth-order valence-electron chi connectivity index (χ4n) is 1.40. The lowest BCUT2D eigenvalue weighted by atomic mass is 10.2. The van der Waals surface area contributed by atoms with E-state index in [0.717, 1.165) is 18.8 Å². The number of amides is 1. The number of aromatic nitrogens is 3. The van der Waals surface area contributed by atoms with E-state index < -0.39 is 0 Å². The molecule has 0 spiro atoms. The van der Waals surface area contributed by atoms with Crippen LogP contribution in [-0.4, -0.2) is 40.2 Å². The molecule has 0 aliphatic heterocycles. The van der Waals surface area contributed by atoms with E-state index in [0.29, 0.717) is 25.4 Å². The summed E-state index contributed by atoms with van der Waals surface area (Å²) in [7, 11) is 0. The highest BCUT2D eigenvalue weighted by Gasteiger charge is 2.02. The largest absolute Gasteiger partial charge is 0.356 e. The number of carbonyl (C=O) groups is 1. The van der Waals surface area contributed by atoms with Crippen LogP contribution in [0, 0.1) is 0 Å². The molecule has 96 valence electrons.